The Morgan fingerprint density at radius 1 is 1.24 bits per heavy atom. The van der Waals surface area contributed by atoms with Gasteiger partial charge in [-0.25, -0.2) is 4.98 Å². The Labute approximate surface area is 166 Å². The molecule has 0 aliphatic carbocycles. The Morgan fingerprint density at radius 3 is 2.62 bits per heavy atom. The van der Waals surface area contributed by atoms with E-state index >= 15 is 0 Å². The zero-order chi connectivity index (χ0) is 20.7. The molecule has 1 aliphatic heterocycles. The second-order valence-corrected chi connectivity index (χ2v) is 6.56. The molecular formula is C18H23F3N6O2. The summed E-state index contributed by atoms with van der Waals surface area (Å²) in [5, 5.41) is 7.20. The van der Waals surface area contributed by atoms with E-state index in [1.165, 1.54) is 12.3 Å². The summed E-state index contributed by atoms with van der Waals surface area (Å²) in [6.07, 6.45) is -1.32. The molecule has 1 saturated heterocycles. The normalized spacial score (nSPS) is 16.1. The number of alkyl halides is 3. The third-order valence-electron chi connectivity index (χ3n) is 4.39. The Kier molecular flexibility index (Phi) is 6.91. The molecule has 8 nitrogen and oxygen atoms in total. The fraction of sp³-hybridized carbons (Fsp3) is 0.500. The number of aromatic nitrogens is 2. The second kappa shape index (κ2) is 9.59. The highest BCUT2D eigenvalue weighted by atomic mass is 19.4. The molecule has 2 aromatic heterocycles. The molecule has 0 spiro atoms. The highest BCUT2D eigenvalue weighted by Crippen LogP contribution is 2.17. The van der Waals surface area contributed by atoms with E-state index in [2.05, 4.69) is 35.0 Å². The number of hydrogen-bond donors (Lipinski definition) is 1. The lowest BCUT2D eigenvalue weighted by atomic mass is 10.2. The molecule has 0 radical (unpaired) electrons. The van der Waals surface area contributed by atoms with Gasteiger partial charge in [-0.1, -0.05) is 11.2 Å². The molecule has 1 N–H and O–H groups in total. The van der Waals surface area contributed by atoms with Crippen molar-refractivity contribution < 1.29 is 22.4 Å². The van der Waals surface area contributed by atoms with Gasteiger partial charge in [0.2, 0.25) is 5.88 Å². The number of hydrogen-bond acceptors (Lipinski definition) is 6. The lowest BCUT2D eigenvalue weighted by Gasteiger charge is -2.36. The van der Waals surface area contributed by atoms with Gasteiger partial charge >= 0.3 is 6.18 Å². The van der Waals surface area contributed by atoms with Crippen molar-refractivity contribution in [3.63, 3.8) is 0 Å². The minimum Gasteiger partial charge on any atom is -0.468 e. The summed E-state index contributed by atoms with van der Waals surface area (Å²) in [4.78, 5) is 12.7. The van der Waals surface area contributed by atoms with Gasteiger partial charge in [-0.15, -0.1) is 0 Å². The summed E-state index contributed by atoms with van der Waals surface area (Å²) >= 11 is 0. The van der Waals surface area contributed by atoms with Crippen LogP contribution in [-0.2, 0) is 13.1 Å². The molecule has 0 atom stereocenters. The van der Waals surface area contributed by atoms with Crippen LogP contribution in [0.4, 0.5) is 13.2 Å². The molecule has 0 aromatic carbocycles. The van der Waals surface area contributed by atoms with Gasteiger partial charge in [0.25, 0.3) is 0 Å². The van der Waals surface area contributed by atoms with Gasteiger partial charge < -0.3 is 19.5 Å². The van der Waals surface area contributed by atoms with E-state index in [-0.39, 0.29) is 5.88 Å². The van der Waals surface area contributed by atoms with Crippen molar-refractivity contribution >= 4 is 5.96 Å². The number of aliphatic imine (C=N–C) groups is 1. The summed E-state index contributed by atoms with van der Waals surface area (Å²) in [6, 6.07) is 4.96. The van der Waals surface area contributed by atoms with E-state index in [0.717, 1.165) is 49.9 Å². The topological polar surface area (TPSA) is 79.0 Å². The first-order valence-corrected chi connectivity index (χ1v) is 9.14. The Morgan fingerprint density at radius 2 is 2.03 bits per heavy atom. The molecule has 0 amide bonds. The fourth-order valence-electron chi connectivity index (χ4n) is 2.94. The molecule has 158 valence electrons. The van der Waals surface area contributed by atoms with Crippen molar-refractivity contribution in [2.75, 3.05) is 39.8 Å². The van der Waals surface area contributed by atoms with E-state index in [4.69, 9.17) is 4.52 Å². The maximum atomic E-state index is 12.2. The van der Waals surface area contributed by atoms with Crippen molar-refractivity contribution in [3.8, 4) is 5.88 Å². The second-order valence-electron chi connectivity index (χ2n) is 6.56. The van der Waals surface area contributed by atoms with Crippen molar-refractivity contribution in [3.05, 3.63) is 41.9 Å². The molecule has 11 heteroatoms. The van der Waals surface area contributed by atoms with Gasteiger partial charge in [0.05, 0.1) is 5.69 Å². The number of ether oxygens (including phenoxy) is 1. The molecule has 29 heavy (non-hydrogen) atoms. The summed E-state index contributed by atoms with van der Waals surface area (Å²) in [5.74, 6) is 0.710. The van der Waals surface area contributed by atoms with Crippen molar-refractivity contribution in [1.29, 1.82) is 0 Å². The number of halogens is 3. The summed E-state index contributed by atoms with van der Waals surface area (Å²) in [5.41, 5.74) is 1.73. The van der Waals surface area contributed by atoms with Crippen molar-refractivity contribution in [2.45, 2.75) is 19.3 Å². The van der Waals surface area contributed by atoms with Crippen LogP contribution in [0.3, 0.4) is 0 Å². The summed E-state index contributed by atoms with van der Waals surface area (Å²) in [7, 11) is 1.72. The highest BCUT2D eigenvalue weighted by Gasteiger charge is 2.28. The fourth-order valence-corrected chi connectivity index (χ4v) is 2.94. The minimum atomic E-state index is -4.38. The number of rotatable bonds is 6. The van der Waals surface area contributed by atoms with Crippen LogP contribution < -0.4 is 10.1 Å². The van der Waals surface area contributed by atoms with Crippen LogP contribution in [0, 0.1) is 0 Å². The molecule has 3 heterocycles. The third kappa shape index (κ3) is 6.63. The van der Waals surface area contributed by atoms with E-state index in [0.29, 0.717) is 6.54 Å². The highest BCUT2D eigenvalue weighted by molar-refractivity contribution is 5.80. The molecular weight excluding hydrogens is 389 g/mol. The van der Waals surface area contributed by atoms with E-state index in [1.807, 2.05) is 6.07 Å². The first-order chi connectivity index (χ1) is 13.9. The maximum Gasteiger partial charge on any atom is 0.422 e. The lowest BCUT2D eigenvalue weighted by molar-refractivity contribution is -0.154. The maximum absolute atomic E-state index is 12.2. The van der Waals surface area contributed by atoms with Gasteiger partial charge in [0, 0.05) is 64.6 Å². The molecule has 1 aliphatic rings. The molecule has 0 unspecified atom stereocenters. The average Bonchev–Trinajstić information content (AvgIpc) is 3.21. The van der Waals surface area contributed by atoms with Crippen LogP contribution in [0.5, 0.6) is 5.88 Å². The van der Waals surface area contributed by atoms with E-state index in [1.54, 1.807) is 19.4 Å². The monoisotopic (exact) mass is 412 g/mol. The van der Waals surface area contributed by atoms with Gasteiger partial charge in [-0.3, -0.25) is 9.89 Å². The summed E-state index contributed by atoms with van der Waals surface area (Å²) in [6.45, 7) is 3.25. The van der Waals surface area contributed by atoms with Crippen molar-refractivity contribution in [2.24, 2.45) is 4.99 Å². The van der Waals surface area contributed by atoms with Crippen LogP contribution in [0.15, 0.2) is 40.2 Å². The van der Waals surface area contributed by atoms with E-state index in [9.17, 15) is 13.2 Å². The summed E-state index contributed by atoms with van der Waals surface area (Å²) < 4.78 is 46.0. The molecule has 0 saturated carbocycles. The number of piperazine rings is 1. The van der Waals surface area contributed by atoms with Gasteiger partial charge in [0.15, 0.2) is 12.6 Å². The standard InChI is InChI=1S/C18H23F3N6O2/c1-22-17(27-7-5-26(6-8-27)12-15-4-9-29-25-15)24-11-14-2-3-16(23-10-14)28-13-18(19,20)21/h2-4,9-10H,5-8,11-13H2,1H3,(H,22,24). The van der Waals surface area contributed by atoms with Crippen LogP contribution in [0.2, 0.25) is 0 Å². The van der Waals surface area contributed by atoms with Crippen LogP contribution in [0.1, 0.15) is 11.3 Å². The first-order valence-electron chi connectivity index (χ1n) is 9.14. The number of nitrogens with zero attached hydrogens (tertiary/aromatic N) is 5. The number of pyridine rings is 1. The number of guanidine groups is 1. The smallest absolute Gasteiger partial charge is 0.422 e. The molecule has 0 bridgehead atoms. The van der Waals surface area contributed by atoms with Crippen LogP contribution in [0.25, 0.3) is 0 Å². The van der Waals surface area contributed by atoms with Gasteiger partial charge in [-0.2, -0.15) is 13.2 Å². The first kappa shape index (κ1) is 20.9. The zero-order valence-electron chi connectivity index (χ0n) is 16.0. The predicted molar refractivity (Wildman–Crippen MR) is 99.3 cm³/mol. The third-order valence-corrected chi connectivity index (χ3v) is 4.39. The quantitative estimate of drug-likeness (QED) is 0.574. The van der Waals surface area contributed by atoms with Crippen LogP contribution in [-0.4, -0.2) is 71.9 Å². The predicted octanol–water partition coefficient (Wildman–Crippen LogP) is 1.90. The Hall–Kier alpha value is -2.82. The Bertz CT molecular complexity index is 772. The zero-order valence-corrected chi connectivity index (χ0v) is 16.0. The average molecular weight is 412 g/mol. The van der Waals surface area contributed by atoms with Gasteiger partial charge in [-0.05, 0) is 5.56 Å². The van der Waals surface area contributed by atoms with Crippen LogP contribution >= 0.6 is 0 Å². The lowest BCUT2D eigenvalue weighted by Crippen LogP contribution is -2.52. The number of nitrogens with one attached hydrogen (secondary N) is 1. The van der Waals surface area contributed by atoms with Crippen molar-refractivity contribution in [1.82, 2.24) is 25.3 Å². The molecule has 2 aromatic rings. The Balaban J connectivity index is 1.43. The molecule has 1 fully saturated rings. The SMILES string of the molecule is CN=C(NCc1ccc(OCC(F)(F)F)nc1)N1CCN(Cc2ccon2)CC1. The minimum absolute atomic E-state index is 0.0568. The largest absolute Gasteiger partial charge is 0.468 e. The molecule has 3 rings (SSSR count). The van der Waals surface area contributed by atoms with E-state index < -0.39 is 12.8 Å². The van der Waals surface area contributed by atoms with Gasteiger partial charge in [0.1, 0.15) is 6.26 Å².